The van der Waals surface area contributed by atoms with E-state index in [0.29, 0.717) is 17.9 Å². The number of amides is 2. The minimum atomic E-state index is -3.75. The van der Waals surface area contributed by atoms with Gasteiger partial charge in [-0.25, -0.2) is 8.42 Å². The van der Waals surface area contributed by atoms with Crippen molar-refractivity contribution < 1.29 is 22.7 Å². The van der Waals surface area contributed by atoms with Gasteiger partial charge in [0, 0.05) is 13.6 Å². The number of rotatable bonds is 10. The SMILES string of the molecule is CC[C@H](C(=O)NC)N(Cc1ccc(OC)cc1)C(=O)CN(c1ccc(C)cc1C)S(C)(=O)=O. The van der Waals surface area contributed by atoms with Crippen molar-refractivity contribution >= 4 is 27.5 Å². The quantitative estimate of drug-likeness (QED) is 0.570. The summed E-state index contributed by atoms with van der Waals surface area (Å²) in [4.78, 5) is 27.5. The molecule has 0 bridgehead atoms. The van der Waals surface area contributed by atoms with E-state index in [1.54, 1.807) is 38.3 Å². The summed E-state index contributed by atoms with van der Waals surface area (Å²) in [6.07, 6.45) is 1.45. The summed E-state index contributed by atoms with van der Waals surface area (Å²) in [5.74, 6) is -0.100. The molecule has 0 radical (unpaired) electrons. The average molecular weight is 476 g/mol. The van der Waals surface area contributed by atoms with Crippen molar-refractivity contribution in [3.8, 4) is 5.75 Å². The molecule has 1 N–H and O–H groups in total. The van der Waals surface area contributed by atoms with Gasteiger partial charge >= 0.3 is 0 Å². The van der Waals surface area contributed by atoms with Gasteiger partial charge in [-0.3, -0.25) is 13.9 Å². The standard InChI is InChI=1S/C24H33N3O5S/c1-7-21(24(29)25-4)26(15-19-9-11-20(32-5)12-10-19)23(28)16-27(33(6,30)31)22-13-8-17(2)14-18(22)3/h8-14,21H,7,15-16H2,1-6H3,(H,25,29)/t21-/m1/s1. The first-order valence-electron chi connectivity index (χ1n) is 10.7. The van der Waals surface area contributed by atoms with Crippen molar-refractivity contribution in [3.63, 3.8) is 0 Å². The van der Waals surface area contributed by atoms with Crippen LogP contribution in [0, 0.1) is 13.8 Å². The fraction of sp³-hybridized carbons (Fsp3) is 0.417. The van der Waals surface area contributed by atoms with E-state index in [9.17, 15) is 18.0 Å². The van der Waals surface area contributed by atoms with Gasteiger partial charge in [-0.2, -0.15) is 0 Å². The average Bonchev–Trinajstić information content (AvgIpc) is 2.77. The Morgan fingerprint density at radius 1 is 1.09 bits per heavy atom. The number of ether oxygens (including phenoxy) is 1. The maximum Gasteiger partial charge on any atom is 0.244 e. The Morgan fingerprint density at radius 2 is 1.73 bits per heavy atom. The molecule has 33 heavy (non-hydrogen) atoms. The molecule has 8 nitrogen and oxygen atoms in total. The molecule has 1 atom stereocenters. The summed E-state index contributed by atoms with van der Waals surface area (Å²) in [6, 6.07) is 11.8. The minimum Gasteiger partial charge on any atom is -0.497 e. The zero-order chi connectivity index (χ0) is 24.8. The van der Waals surface area contributed by atoms with Gasteiger partial charge < -0.3 is 15.0 Å². The second-order valence-electron chi connectivity index (χ2n) is 7.97. The summed E-state index contributed by atoms with van der Waals surface area (Å²) < 4.78 is 31.6. The largest absolute Gasteiger partial charge is 0.497 e. The molecule has 9 heteroatoms. The lowest BCUT2D eigenvalue weighted by Gasteiger charge is -2.33. The Morgan fingerprint density at radius 3 is 2.21 bits per heavy atom. The van der Waals surface area contributed by atoms with Crippen molar-refractivity contribution in [2.75, 3.05) is 31.3 Å². The molecule has 0 aliphatic heterocycles. The van der Waals surface area contributed by atoms with Gasteiger partial charge in [-0.1, -0.05) is 36.8 Å². The number of sulfonamides is 1. The highest BCUT2D eigenvalue weighted by molar-refractivity contribution is 7.92. The molecule has 0 fully saturated rings. The van der Waals surface area contributed by atoms with Crippen LogP contribution < -0.4 is 14.4 Å². The first-order valence-corrected chi connectivity index (χ1v) is 12.6. The molecule has 0 aromatic heterocycles. The number of nitrogens with zero attached hydrogens (tertiary/aromatic N) is 2. The first kappa shape index (κ1) is 26.2. The number of carbonyl (C=O) groups is 2. The molecule has 0 heterocycles. The Hall–Kier alpha value is -3.07. The van der Waals surface area contributed by atoms with E-state index in [2.05, 4.69) is 5.32 Å². The topological polar surface area (TPSA) is 96.0 Å². The molecule has 0 spiro atoms. The van der Waals surface area contributed by atoms with Crippen LogP contribution in [0.3, 0.4) is 0 Å². The number of methoxy groups -OCH3 is 1. The van der Waals surface area contributed by atoms with E-state index in [-0.39, 0.29) is 12.5 Å². The summed E-state index contributed by atoms with van der Waals surface area (Å²) >= 11 is 0. The van der Waals surface area contributed by atoms with Crippen molar-refractivity contribution in [1.29, 1.82) is 0 Å². The summed E-state index contributed by atoms with van der Waals surface area (Å²) in [5, 5.41) is 2.60. The van der Waals surface area contributed by atoms with Gasteiger partial charge in [0.05, 0.1) is 19.1 Å². The maximum absolute atomic E-state index is 13.5. The van der Waals surface area contributed by atoms with Crippen LogP contribution in [-0.2, 0) is 26.2 Å². The molecule has 0 unspecified atom stereocenters. The third-order valence-electron chi connectivity index (χ3n) is 5.44. The van der Waals surface area contributed by atoms with Gasteiger partial charge in [0.2, 0.25) is 21.8 Å². The smallest absolute Gasteiger partial charge is 0.244 e. The maximum atomic E-state index is 13.5. The number of carbonyl (C=O) groups excluding carboxylic acids is 2. The second-order valence-corrected chi connectivity index (χ2v) is 9.87. The van der Waals surface area contributed by atoms with Gasteiger partial charge in [0.1, 0.15) is 18.3 Å². The molecule has 2 rings (SSSR count). The highest BCUT2D eigenvalue weighted by Crippen LogP contribution is 2.24. The Bertz CT molecular complexity index is 1080. The van der Waals surface area contributed by atoms with E-state index >= 15 is 0 Å². The highest BCUT2D eigenvalue weighted by atomic mass is 32.2. The predicted octanol–water partition coefficient (Wildman–Crippen LogP) is 2.63. The highest BCUT2D eigenvalue weighted by Gasteiger charge is 2.31. The minimum absolute atomic E-state index is 0.152. The third kappa shape index (κ3) is 6.71. The Kier molecular flexibility index (Phi) is 8.87. The van der Waals surface area contributed by atoms with E-state index in [1.807, 2.05) is 32.0 Å². The summed E-state index contributed by atoms with van der Waals surface area (Å²) in [7, 11) is -0.674. The van der Waals surface area contributed by atoms with Crippen LogP contribution in [0.1, 0.15) is 30.0 Å². The second kappa shape index (κ2) is 11.2. The molecular formula is C24H33N3O5S. The van der Waals surface area contributed by atoms with Crippen molar-refractivity contribution in [3.05, 3.63) is 59.2 Å². The normalized spacial score (nSPS) is 12.1. The summed E-state index contributed by atoms with van der Waals surface area (Å²) in [6.45, 7) is 5.27. The molecular weight excluding hydrogens is 442 g/mol. The van der Waals surface area contributed by atoms with Gasteiger partial charge in [-0.05, 0) is 49.6 Å². The van der Waals surface area contributed by atoms with Gasteiger partial charge in [0.25, 0.3) is 0 Å². The van der Waals surface area contributed by atoms with Crippen molar-refractivity contribution in [1.82, 2.24) is 10.2 Å². The van der Waals surface area contributed by atoms with E-state index < -0.39 is 28.5 Å². The molecule has 2 aromatic rings. The van der Waals surface area contributed by atoms with Crippen molar-refractivity contribution in [2.24, 2.45) is 0 Å². The summed E-state index contributed by atoms with van der Waals surface area (Å²) in [5.41, 5.74) is 2.97. The third-order valence-corrected chi connectivity index (χ3v) is 6.57. The van der Waals surface area contributed by atoms with Crippen LogP contribution in [0.4, 0.5) is 5.69 Å². The molecule has 0 saturated heterocycles. The van der Waals surface area contributed by atoms with E-state index in [4.69, 9.17) is 4.74 Å². The lowest BCUT2D eigenvalue weighted by Crippen LogP contribution is -2.51. The first-order chi connectivity index (χ1) is 15.5. The predicted molar refractivity (Wildman–Crippen MR) is 130 cm³/mol. The van der Waals surface area contributed by atoms with Crippen LogP contribution in [0.5, 0.6) is 5.75 Å². The lowest BCUT2D eigenvalue weighted by molar-refractivity contribution is -0.140. The van der Waals surface area contributed by atoms with Crippen LogP contribution in [0.15, 0.2) is 42.5 Å². The van der Waals surface area contributed by atoms with Crippen LogP contribution in [0.2, 0.25) is 0 Å². The molecule has 2 amide bonds. The monoisotopic (exact) mass is 475 g/mol. The molecule has 0 saturated carbocycles. The zero-order valence-electron chi connectivity index (χ0n) is 20.1. The van der Waals surface area contributed by atoms with Crippen molar-refractivity contribution in [2.45, 2.75) is 39.8 Å². The van der Waals surface area contributed by atoms with Crippen LogP contribution in [-0.4, -0.2) is 58.1 Å². The van der Waals surface area contributed by atoms with Gasteiger partial charge in [0.15, 0.2) is 0 Å². The fourth-order valence-corrected chi connectivity index (χ4v) is 4.60. The van der Waals surface area contributed by atoms with Crippen LogP contribution >= 0.6 is 0 Å². The van der Waals surface area contributed by atoms with Gasteiger partial charge in [-0.15, -0.1) is 0 Å². The zero-order valence-corrected chi connectivity index (χ0v) is 20.9. The number of aryl methyl sites for hydroxylation is 2. The number of anilines is 1. The van der Waals surface area contributed by atoms with Crippen LogP contribution in [0.25, 0.3) is 0 Å². The number of hydrogen-bond acceptors (Lipinski definition) is 5. The van der Waals surface area contributed by atoms with E-state index in [0.717, 1.165) is 27.3 Å². The Balaban J connectivity index is 2.44. The molecule has 180 valence electrons. The number of nitrogens with one attached hydrogen (secondary N) is 1. The molecule has 2 aromatic carbocycles. The lowest BCUT2D eigenvalue weighted by atomic mass is 10.1. The molecule has 0 aliphatic rings. The van der Waals surface area contributed by atoms with E-state index in [1.165, 1.54) is 11.9 Å². The number of hydrogen-bond donors (Lipinski definition) is 1. The Labute approximate surface area is 196 Å². The number of likely N-dealkylation sites (N-methyl/N-ethyl adjacent to an activating group) is 1. The fourth-order valence-electron chi connectivity index (χ4n) is 3.69. The molecule has 0 aliphatic carbocycles. The number of benzene rings is 2.